The topological polar surface area (TPSA) is 122 Å². The van der Waals surface area contributed by atoms with Gasteiger partial charge in [-0.25, -0.2) is 9.78 Å². The van der Waals surface area contributed by atoms with Crippen LogP contribution in [0.2, 0.25) is 0 Å². The molecule has 1 amide bonds. The third kappa shape index (κ3) is 4.72. The van der Waals surface area contributed by atoms with Crippen molar-refractivity contribution < 1.29 is 14.6 Å². The maximum Gasteiger partial charge on any atom is 0.407 e. The van der Waals surface area contributed by atoms with E-state index < -0.39 is 11.7 Å². The first kappa shape index (κ1) is 22.1. The first-order chi connectivity index (χ1) is 15.7. The fourth-order valence-electron chi connectivity index (χ4n) is 3.73. The van der Waals surface area contributed by atoms with Gasteiger partial charge in [-0.2, -0.15) is 0 Å². The van der Waals surface area contributed by atoms with Crippen molar-refractivity contribution in [1.29, 1.82) is 0 Å². The molecule has 170 valence electrons. The van der Waals surface area contributed by atoms with Crippen molar-refractivity contribution in [2.45, 2.75) is 32.9 Å². The Kier molecular flexibility index (Phi) is 5.87. The Morgan fingerprint density at radius 2 is 2.00 bits per heavy atom. The molecule has 0 bridgehead atoms. The summed E-state index contributed by atoms with van der Waals surface area (Å²) < 4.78 is 7.11. The predicted molar refractivity (Wildman–Crippen MR) is 125 cm³/mol. The van der Waals surface area contributed by atoms with Gasteiger partial charge in [-0.05, 0) is 39.0 Å². The highest BCUT2D eigenvalue weighted by molar-refractivity contribution is 6.02. The molecule has 3 N–H and O–H groups in total. The second-order valence-corrected chi connectivity index (χ2v) is 8.52. The Morgan fingerprint density at radius 3 is 2.70 bits per heavy atom. The van der Waals surface area contributed by atoms with E-state index in [1.807, 2.05) is 18.2 Å². The van der Waals surface area contributed by atoms with Crippen LogP contribution in [0, 0.1) is 0 Å². The van der Waals surface area contributed by atoms with Crippen LogP contribution in [0.25, 0.3) is 33.4 Å². The number of hydrogen-bond donors (Lipinski definition) is 3. The van der Waals surface area contributed by atoms with E-state index in [4.69, 9.17) is 4.74 Å². The van der Waals surface area contributed by atoms with Gasteiger partial charge in [-0.1, -0.05) is 18.2 Å². The number of nitrogens with one attached hydrogen (secondary N) is 2. The minimum atomic E-state index is -0.620. The predicted octanol–water partition coefficient (Wildman–Crippen LogP) is 3.68. The molecular weight excluding hydrogens is 422 g/mol. The molecule has 4 rings (SSSR count). The van der Waals surface area contributed by atoms with Crippen LogP contribution in [-0.2, 0) is 11.3 Å². The third-order valence-electron chi connectivity index (χ3n) is 4.92. The molecule has 4 aromatic rings. The number of benzene rings is 1. The molecule has 0 aliphatic heterocycles. The average Bonchev–Trinajstić information content (AvgIpc) is 3.08. The number of phenols is 1. The normalized spacial score (nSPS) is 11.5. The number of amides is 1. The summed E-state index contributed by atoms with van der Waals surface area (Å²) in [7, 11) is 0. The third-order valence-corrected chi connectivity index (χ3v) is 4.92. The number of phenolic OH excluding ortho intramolecular Hbond substituents is 1. The van der Waals surface area contributed by atoms with E-state index in [0.717, 1.165) is 5.56 Å². The molecule has 1 aromatic carbocycles. The van der Waals surface area contributed by atoms with Crippen molar-refractivity contribution in [2.24, 2.45) is 0 Å². The molecule has 33 heavy (non-hydrogen) atoms. The summed E-state index contributed by atoms with van der Waals surface area (Å²) in [4.78, 5) is 36.3. The lowest BCUT2D eigenvalue weighted by atomic mass is 10.0. The highest BCUT2D eigenvalue weighted by atomic mass is 16.6. The van der Waals surface area contributed by atoms with Crippen LogP contribution in [-0.4, -0.2) is 42.9 Å². The van der Waals surface area contributed by atoms with Crippen LogP contribution < -0.4 is 10.9 Å². The van der Waals surface area contributed by atoms with Crippen LogP contribution >= 0.6 is 0 Å². The van der Waals surface area contributed by atoms with Crippen molar-refractivity contribution in [3.63, 3.8) is 0 Å². The van der Waals surface area contributed by atoms with Crippen LogP contribution in [0.1, 0.15) is 20.8 Å². The molecule has 0 fully saturated rings. The molecular formula is C24H25N5O4. The number of H-pyrrole nitrogens is 1. The zero-order valence-corrected chi connectivity index (χ0v) is 18.6. The van der Waals surface area contributed by atoms with Gasteiger partial charge in [-0.3, -0.25) is 9.78 Å². The number of ether oxygens (including phenoxy) is 1. The Bertz CT molecular complexity index is 1350. The summed E-state index contributed by atoms with van der Waals surface area (Å²) >= 11 is 0. The Morgan fingerprint density at radius 1 is 1.21 bits per heavy atom. The van der Waals surface area contributed by atoms with Crippen molar-refractivity contribution in [3.8, 4) is 28.1 Å². The molecule has 9 nitrogen and oxygen atoms in total. The number of carbonyl (C=O) groups excluding carboxylic acids is 1. The molecule has 0 atom stereocenters. The van der Waals surface area contributed by atoms with Gasteiger partial charge >= 0.3 is 6.09 Å². The number of hydrogen-bond acceptors (Lipinski definition) is 6. The quantitative estimate of drug-likeness (QED) is 0.429. The molecule has 0 unspecified atom stereocenters. The number of pyridine rings is 1. The number of fused-ring (bicyclic) bond motifs is 1. The van der Waals surface area contributed by atoms with Gasteiger partial charge in [0.1, 0.15) is 22.4 Å². The molecule has 3 heterocycles. The number of aromatic nitrogens is 4. The van der Waals surface area contributed by atoms with Crippen molar-refractivity contribution in [2.75, 3.05) is 6.54 Å². The van der Waals surface area contributed by atoms with Gasteiger partial charge in [0.15, 0.2) is 0 Å². The van der Waals surface area contributed by atoms with Crippen LogP contribution in [0.5, 0.6) is 5.75 Å². The monoisotopic (exact) mass is 447 g/mol. The second kappa shape index (κ2) is 8.78. The van der Waals surface area contributed by atoms with Gasteiger partial charge in [0.2, 0.25) is 0 Å². The molecule has 0 spiro atoms. The minimum Gasteiger partial charge on any atom is -0.508 e. The van der Waals surface area contributed by atoms with E-state index in [1.165, 1.54) is 6.33 Å². The zero-order chi connectivity index (χ0) is 23.6. The minimum absolute atomic E-state index is 0.0928. The SMILES string of the molecule is CC(C)(C)OC(=O)NCCn1c(-c2cccc(O)c2)c(-c2cccnc2)c2nc[nH]c(=O)c21. The highest BCUT2D eigenvalue weighted by Gasteiger charge is 2.24. The van der Waals surface area contributed by atoms with Gasteiger partial charge in [-0.15, -0.1) is 0 Å². The Hall–Kier alpha value is -4.14. The van der Waals surface area contributed by atoms with E-state index >= 15 is 0 Å². The molecule has 3 aromatic heterocycles. The standard InChI is InChI=1S/C24H25N5O4/c1-24(2,3)33-23(32)26-10-11-29-20(15-6-4-8-17(30)12-15)18(16-7-5-9-25-13-16)19-21(29)22(31)28-14-27-19/h4-9,12-14,30H,10-11H2,1-3H3,(H,26,32)(H,27,28,31). The Balaban J connectivity index is 1.87. The average molecular weight is 447 g/mol. The van der Waals surface area contributed by atoms with E-state index in [9.17, 15) is 14.7 Å². The number of rotatable bonds is 5. The molecule has 0 aliphatic rings. The van der Waals surface area contributed by atoms with Crippen molar-refractivity contribution in [1.82, 2.24) is 24.8 Å². The summed E-state index contributed by atoms with van der Waals surface area (Å²) in [6.45, 7) is 5.85. The smallest absolute Gasteiger partial charge is 0.407 e. The zero-order valence-electron chi connectivity index (χ0n) is 18.6. The number of carbonyl (C=O) groups is 1. The molecule has 9 heteroatoms. The van der Waals surface area contributed by atoms with Crippen LogP contribution in [0.15, 0.2) is 59.9 Å². The fourth-order valence-corrected chi connectivity index (χ4v) is 3.73. The van der Waals surface area contributed by atoms with E-state index in [0.29, 0.717) is 27.9 Å². The summed E-state index contributed by atoms with van der Waals surface area (Å²) in [5.74, 6) is 0.0928. The van der Waals surface area contributed by atoms with Crippen molar-refractivity contribution in [3.05, 3.63) is 65.5 Å². The van der Waals surface area contributed by atoms with E-state index in [2.05, 4.69) is 20.3 Å². The lowest BCUT2D eigenvalue weighted by Crippen LogP contribution is -2.34. The van der Waals surface area contributed by atoms with E-state index in [-0.39, 0.29) is 24.4 Å². The van der Waals surface area contributed by atoms with Gasteiger partial charge < -0.3 is 24.7 Å². The molecule has 0 saturated carbocycles. The van der Waals surface area contributed by atoms with Gasteiger partial charge in [0.05, 0.1) is 12.0 Å². The highest BCUT2D eigenvalue weighted by Crippen LogP contribution is 2.39. The first-order valence-electron chi connectivity index (χ1n) is 10.5. The summed E-state index contributed by atoms with van der Waals surface area (Å²) in [5, 5.41) is 12.9. The maximum absolute atomic E-state index is 12.9. The first-order valence-corrected chi connectivity index (χ1v) is 10.5. The summed E-state index contributed by atoms with van der Waals surface area (Å²) in [6, 6.07) is 10.5. The lowest BCUT2D eigenvalue weighted by Gasteiger charge is -2.20. The van der Waals surface area contributed by atoms with Crippen molar-refractivity contribution >= 4 is 17.1 Å². The molecule has 0 saturated heterocycles. The largest absolute Gasteiger partial charge is 0.508 e. The second-order valence-electron chi connectivity index (χ2n) is 8.52. The fraction of sp³-hybridized carbons (Fsp3) is 0.250. The lowest BCUT2D eigenvalue weighted by molar-refractivity contribution is 0.0526. The number of aromatic hydroxyl groups is 1. The van der Waals surface area contributed by atoms with Crippen LogP contribution in [0.3, 0.4) is 0 Å². The molecule has 0 aliphatic carbocycles. The Labute approximate surface area is 190 Å². The van der Waals surface area contributed by atoms with Crippen LogP contribution in [0.4, 0.5) is 4.79 Å². The summed E-state index contributed by atoms with van der Waals surface area (Å²) in [5.41, 5.74) is 2.81. The number of aromatic amines is 1. The van der Waals surface area contributed by atoms with Gasteiger partial charge in [0.25, 0.3) is 5.56 Å². The number of alkyl carbamates (subject to hydrolysis) is 1. The molecule has 0 radical (unpaired) electrons. The number of nitrogens with zero attached hydrogens (tertiary/aromatic N) is 3. The van der Waals surface area contributed by atoms with E-state index in [1.54, 1.807) is 55.9 Å². The van der Waals surface area contributed by atoms with Gasteiger partial charge in [0, 0.05) is 42.2 Å². The summed E-state index contributed by atoms with van der Waals surface area (Å²) in [6.07, 6.45) is 4.19. The maximum atomic E-state index is 12.9.